The van der Waals surface area contributed by atoms with E-state index >= 15 is 0 Å². The van der Waals surface area contributed by atoms with Crippen molar-refractivity contribution in [2.75, 3.05) is 7.05 Å². The van der Waals surface area contributed by atoms with E-state index in [-0.39, 0.29) is 11.5 Å². The molecule has 0 amide bonds. The summed E-state index contributed by atoms with van der Waals surface area (Å²) in [6.45, 7) is 8.38. The summed E-state index contributed by atoms with van der Waals surface area (Å²) < 4.78 is 0. The van der Waals surface area contributed by atoms with Gasteiger partial charge in [0.1, 0.15) is 5.78 Å². The molecule has 72 valence electrons. The van der Waals surface area contributed by atoms with Gasteiger partial charge < -0.3 is 5.32 Å². The van der Waals surface area contributed by atoms with Gasteiger partial charge in [-0.3, -0.25) is 4.79 Å². The van der Waals surface area contributed by atoms with Crippen molar-refractivity contribution in [3.05, 3.63) is 0 Å². The van der Waals surface area contributed by atoms with Gasteiger partial charge in [-0.1, -0.05) is 20.8 Å². The molecule has 2 heteroatoms. The van der Waals surface area contributed by atoms with E-state index in [0.717, 1.165) is 6.42 Å². The van der Waals surface area contributed by atoms with E-state index in [2.05, 4.69) is 26.1 Å². The fourth-order valence-corrected chi connectivity index (χ4v) is 0.876. The van der Waals surface area contributed by atoms with Crippen LogP contribution >= 0.6 is 0 Å². The summed E-state index contributed by atoms with van der Waals surface area (Å²) in [5.74, 6) is 0.312. The molecule has 0 aromatic carbocycles. The molecule has 0 aromatic heterocycles. The van der Waals surface area contributed by atoms with Crippen LogP contribution in [0.15, 0.2) is 0 Å². The highest BCUT2D eigenvalue weighted by atomic mass is 16.1. The Hall–Kier alpha value is -0.370. The zero-order valence-corrected chi connectivity index (χ0v) is 8.90. The van der Waals surface area contributed by atoms with E-state index in [0.29, 0.717) is 12.2 Å². The maximum Gasteiger partial charge on any atom is 0.149 e. The van der Waals surface area contributed by atoms with Crippen LogP contribution in [0.4, 0.5) is 0 Å². The van der Waals surface area contributed by atoms with Crippen LogP contribution in [0.2, 0.25) is 0 Å². The lowest BCUT2D eigenvalue weighted by Gasteiger charge is -2.18. The number of Topliss-reactive ketones (excluding diaryl/α,β-unsaturated/α-hetero) is 1. The van der Waals surface area contributed by atoms with Crippen LogP contribution in [0, 0.1) is 5.41 Å². The second-order valence-corrected chi connectivity index (χ2v) is 4.54. The lowest BCUT2D eigenvalue weighted by Crippen LogP contribution is -2.31. The predicted molar refractivity (Wildman–Crippen MR) is 52.2 cm³/mol. The van der Waals surface area contributed by atoms with Crippen LogP contribution in [0.5, 0.6) is 0 Å². The van der Waals surface area contributed by atoms with Gasteiger partial charge in [0.15, 0.2) is 0 Å². The molecule has 0 bridgehead atoms. The number of hydrogen-bond donors (Lipinski definition) is 1. The Morgan fingerprint density at radius 1 is 1.42 bits per heavy atom. The molecule has 0 fully saturated rings. The number of nitrogens with one attached hydrogen (secondary N) is 1. The Morgan fingerprint density at radius 3 is 2.25 bits per heavy atom. The Morgan fingerprint density at radius 2 is 1.92 bits per heavy atom. The van der Waals surface area contributed by atoms with Crippen LogP contribution in [-0.2, 0) is 4.79 Å². The smallest absolute Gasteiger partial charge is 0.149 e. The molecule has 1 atom stereocenters. The van der Waals surface area contributed by atoms with Gasteiger partial charge in [0.05, 0.1) is 6.04 Å². The van der Waals surface area contributed by atoms with Crippen LogP contribution in [0.25, 0.3) is 0 Å². The molecule has 0 spiro atoms. The van der Waals surface area contributed by atoms with Crippen LogP contribution in [0.1, 0.15) is 40.5 Å². The Bertz CT molecular complexity index is 146. The lowest BCUT2D eigenvalue weighted by atomic mass is 9.89. The normalized spacial score (nSPS) is 14.4. The van der Waals surface area contributed by atoms with Crippen molar-refractivity contribution < 1.29 is 4.79 Å². The highest BCUT2D eigenvalue weighted by Gasteiger charge is 2.15. The first kappa shape index (κ1) is 11.6. The van der Waals surface area contributed by atoms with Crippen molar-refractivity contribution in [2.45, 2.75) is 46.6 Å². The van der Waals surface area contributed by atoms with E-state index in [1.54, 1.807) is 0 Å². The van der Waals surface area contributed by atoms with Gasteiger partial charge in [-0.25, -0.2) is 0 Å². The summed E-state index contributed by atoms with van der Waals surface area (Å²) in [5.41, 5.74) is 0.267. The molecular formula is C10H21NO. The molecule has 0 saturated heterocycles. The second kappa shape index (κ2) is 4.61. The molecule has 0 saturated carbocycles. The van der Waals surface area contributed by atoms with Crippen molar-refractivity contribution >= 4 is 5.78 Å². The molecule has 0 heterocycles. The average Bonchev–Trinajstić information content (AvgIpc) is 1.97. The second-order valence-electron chi connectivity index (χ2n) is 4.54. The summed E-state index contributed by atoms with van der Waals surface area (Å²) in [6, 6.07) is 0.00681. The molecule has 0 aromatic rings. The Labute approximate surface area is 75.7 Å². The molecule has 1 unspecified atom stereocenters. The number of carbonyl (C=O) groups is 1. The Balaban J connectivity index is 3.72. The minimum Gasteiger partial charge on any atom is -0.311 e. The third kappa shape index (κ3) is 5.30. The number of rotatable bonds is 4. The van der Waals surface area contributed by atoms with Gasteiger partial charge in [0, 0.05) is 6.42 Å². The van der Waals surface area contributed by atoms with Crippen molar-refractivity contribution in [3.63, 3.8) is 0 Å². The number of carbonyl (C=O) groups excluding carboxylic acids is 1. The van der Waals surface area contributed by atoms with Crippen molar-refractivity contribution in [1.82, 2.24) is 5.32 Å². The number of hydrogen-bond acceptors (Lipinski definition) is 2. The van der Waals surface area contributed by atoms with Gasteiger partial charge >= 0.3 is 0 Å². The van der Waals surface area contributed by atoms with E-state index < -0.39 is 0 Å². The van der Waals surface area contributed by atoms with E-state index in [4.69, 9.17) is 0 Å². The van der Waals surface area contributed by atoms with Crippen LogP contribution in [0.3, 0.4) is 0 Å². The summed E-state index contributed by atoms with van der Waals surface area (Å²) in [5, 5.41) is 2.95. The lowest BCUT2D eigenvalue weighted by molar-refractivity contribution is -0.121. The van der Waals surface area contributed by atoms with Crippen molar-refractivity contribution in [2.24, 2.45) is 5.41 Å². The quantitative estimate of drug-likeness (QED) is 0.701. The maximum absolute atomic E-state index is 11.4. The first-order chi connectivity index (χ1) is 5.37. The van der Waals surface area contributed by atoms with Gasteiger partial charge in [0.25, 0.3) is 0 Å². The highest BCUT2D eigenvalue weighted by molar-refractivity contribution is 5.83. The molecule has 2 nitrogen and oxygen atoms in total. The summed E-state index contributed by atoms with van der Waals surface area (Å²) in [4.78, 5) is 11.4. The molecule has 0 aliphatic carbocycles. The molecular weight excluding hydrogens is 150 g/mol. The van der Waals surface area contributed by atoms with E-state index in [1.165, 1.54) is 0 Å². The van der Waals surface area contributed by atoms with E-state index in [9.17, 15) is 4.79 Å². The monoisotopic (exact) mass is 171 g/mol. The minimum atomic E-state index is 0.00681. The largest absolute Gasteiger partial charge is 0.311 e. The predicted octanol–water partition coefficient (Wildman–Crippen LogP) is 1.99. The molecule has 0 aliphatic rings. The van der Waals surface area contributed by atoms with E-state index in [1.807, 2.05) is 14.0 Å². The third-order valence-electron chi connectivity index (χ3n) is 2.04. The number of likely N-dealkylation sites (N-methyl/N-ethyl adjacent to an activating group) is 1. The summed E-state index contributed by atoms with van der Waals surface area (Å²) >= 11 is 0. The first-order valence-corrected chi connectivity index (χ1v) is 4.57. The van der Waals surface area contributed by atoms with Gasteiger partial charge in [0.2, 0.25) is 0 Å². The van der Waals surface area contributed by atoms with Crippen molar-refractivity contribution in [1.29, 1.82) is 0 Å². The summed E-state index contributed by atoms with van der Waals surface area (Å²) in [7, 11) is 1.82. The molecule has 0 radical (unpaired) electrons. The molecule has 0 rings (SSSR count). The third-order valence-corrected chi connectivity index (χ3v) is 2.04. The maximum atomic E-state index is 11.4. The van der Waals surface area contributed by atoms with Gasteiger partial charge in [-0.2, -0.15) is 0 Å². The fourth-order valence-electron chi connectivity index (χ4n) is 0.876. The highest BCUT2D eigenvalue weighted by Crippen LogP contribution is 2.20. The zero-order chi connectivity index (χ0) is 9.78. The average molecular weight is 171 g/mol. The topological polar surface area (TPSA) is 29.1 Å². The van der Waals surface area contributed by atoms with Gasteiger partial charge in [-0.15, -0.1) is 0 Å². The molecule has 12 heavy (non-hydrogen) atoms. The van der Waals surface area contributed by atoms with Crippen molar-refractivity contribution in [3.8, 4) is 0 Å². The standard InChI is InChI=1S/C10H21NO/c1-8(11-5)9(12)6-7-10(2,3)4/h8,11H,6-7H2,1-5H3. The fraction of sp³-hybridized carbons (Fsp3) is 0.900. The molecule has 0 aliphatic heterocycles. The minimum absolute atomic E-state index is 0.00681. The van der Waals surface area contributed by atoms with Gasteiger partial charge in [-0.05, 0) is 25.8 Å². The summed E-state index contributed by atoms with van der Waals surface area (Å²) in [6.07, 6.45) is 1.66. The SMILES string of the molecule is CNC(C)C(=O)CCC(C)(C)C. The van der Waals surface area contributed by atoms with Crippen LogP contribution in [-0.4, -0.2) is 18.9 Å². The zero-order valence-electron chi connectivity index (χ0n) is 8.90. The van der Waals surface area contributed by atoms with Crippen LogP contribution < -0.4 is 5.32 Å². The molecule has 1 N–H and O–H groups in total. The Kier molecular flexibility index (Phi) is 4.46. The first-order valence-electron chi connectivity index (χ1n) is 4.57. The number of ketones is 1.